The van der Waals surface area contributed by atoms with Crippen molar-refractivity contribution in [2.24, 2.45) is 0 Å². The largest absolute Gasteiger partial charge is 0.378 e. The van der Waals surface area contributed by atoms with Gasteiger partial charge in [0.15, 0.2) is 0 Å². The average Bonchev–Trinajstić information content (AvgIpc) is 2.73. The lowest BCUT2D eigenvalue weighted by Gasteiger charge is -2.28. The number of anilines is 2. The van der Waals surface area contributed by atoms with E-state index in [1.165, 1.54) is 17.3 Å². The van der Waals surface area contributed by atoms with Crippen molar-refractivity contribution in [3.8, 4) is 0 Å². The summed E-state index contributed by atoms with van der Waals surface area (Å²) in [5, 5.41) is 4.98. The van der Waals surface area contributed by atoms with Crippen LogP contribution in [0.2, 0.25) is 0 Å². The first-order chi connectivity index (χ1) is 13.7. The predicted octanol–water partition coefficient (Wildman–Crippen LogP) is 4.11. The van der Waals surface area contributed by atoms with Crippen molar-refractivity contribution in [3.05, 3.63) is 60.2 Å². The molecule has 1 N–H and O–H groups in total. The molecule has 1 fully saturated rings. The van der Waals surface area contributed by atoms with Crippen molar-refractivity contribution in [2.45, 2.75) is 11.9 Å². The Kier molecular flexibility index (Phi) is 5.78. The Bertz CT molecular complexity index is 969. The molecule has 0 aliphatic carbocycles. The molecule has 0 unspecified atom stereocenters. The number of pyridine rings is 1. The molecule has 0 atom stereocenters. The van der Waals surface area contributed by atoms with E-state index in [9.17, 15) is 4.79 Å². The van der Waals surface area contributed by atoms with Gasteiger partial charge in [0.05, 0.1) is 29.5 Å². The summed E-state index contributed by atoms with van der Waals surface area (Å²) in [4.78, 5) is 19.3. The average molecular weight is 394 g/mol. The highest BCUT2D eigenvalue weighted by Gasteiger charge is 2.11. The first kappa shape index (κ1) is 18.8. The van der Waals surface area contributed by atoms with E-state index < -0.39 is 0 Å². The summed E-state index contributed by atoms with van der Waals surface area (Å²) in [5.41, 5.74) is 4.10. The number of carbonyl (C=O) groups is 1. The number of carbonyl (C=O) groups excluding carboxylic acids is 1. The Labute approximate surface area is 169 Å². The van der Waals surface area contributed by atoms with Crippen LogP contribution in [0.25, 0.3) is 10.9 Å². The van der Waals surface area contributed by atoms with Gasteiger partial charge < -0.3 is 15.0 Å². The number of hydrogen-bond acceptors (Lipinski definition) is 5. The third-order valence-corrected chi connectivity index (χ3v) is 5.69. The number of ether oxygens (including phenoxy) is 1. The van der Waals surface area contributed by atoms with Gasteiger partial charge in [0, 0.05) is 29.9 Å². The number of amides is 1. The molecule has 5 nitrogen and oxygen atoms in total. The van der Waals surface area contributed by atoms with Crippen molar-refractivity contribution in [2.75, 3.05) is 42.3 Å². The second kappa shape index (κ2) is 8.63. The number of fused-ring (bicyclic) bond motifs is 1. The monoisotopic (exact) mass is 393 g/mol. The van der Waals surface area contributed by atoms with E-state index in [-0.39, 0.29) is 5.91 Å². The van der Waals surface area contributed by atoms with E-state index in [0.29, 0.717) is 5.75 Å². The minimum atomic E-state index is -0.0308. The fourth-order valence-electron chi connectivity index (χ4n) is 3.31. The van der Waals surface area contributed by atoms with Crippen molar-refractivity contribution in [1.29, 1.82) is 0 Å². The van der Waals surface area contributed by atoms with Gasteiger partial charge in [0.1, 0.15) is 0 Å². The zero-order chi connectivity index (χ0) is 19.3. The molecule has 1 saturated heterocycles. The molecule has 28 heavy (non-hydrogen) atoms. The van der Waals surface area contributed by atoms with Crippen LogP contribution in [0, 0.1) is 6.92 Å². The molecule has 0 bridgehead atoms. The van der Waals surface area contributed by atoms with Crippen molar-refractivity contribution >= 4 is 39.9 Å². The van der Waals surface area contributed by atoms with E-state index in [1.807, 2.05) is 48.5 Å². The lowest BCUT2D eigenvalue weighted by Crippen LogP contribution is -2.36. The molecule has 2 heterocycles. The van der Waals surface area contributed by atoms with Crippen LogP contribution in [-0.4, -0.2) is 42.9 Å². The fraction of sp³-hybridized carbons (Fsp3) is 0.273. The maximum Gasteiger partial charge on any atom is 0.234 e. The molecule has 1 aromatic heterocycles. The van der Waals surface area contributed by atoms with Crippen LogP contribution in [0.1, 0.15) is 5.56 Å². The van der Waals surface area contributed by atoms with Crippen LogP contribution in [0.5, 0.6) is 0 Å². The van der Waals surface area contributed by atoms with Crippen LogP contribution in [0.15, 0.2) is 59.6 Å². The normalized spacial score (nSPS) is 14.2. The molecule has 0 spiro atoms. The number of para-hydroxylation sites is 1. The van der Waals surface area contributed by atoms with Crippen molar-refractivity contribution in [1.82, 2.24) is 4.98 Å². The molecular weight excluding hydrogens is 370 g/mol. The van der Waals surface area contributed by atoms with Gasteiger partial charge >= 0.3 is 0 Å². The number of hydrogen-bond donors (Lipinski definition) is 1. The van der Waals surface area contributed by atoms with Gasteiger partial charge in [-0.3, -0.25) is 4.79 Å². The molecule has 6 heteroatoms. The minimum absolute atomic E-state index is 0.0308. The Hall–Kier alpha value is -2.57. The molecule has 1 amide bonds. The number of nitrogens with one attached hydrogen (secondary N) is 1. The van der Waals surface area contributed by atoms with Crippen molar-refractivity contribution < 1.29 is 9.53 Å². The molecule has 1 aliphatic heterocycles. The zero-order valence-corrected chi connectivity index (χ0v) is 16.7. The Balaban J connectivity index is 1.34. The predicted molar refractivity (Wildman–Crippen MR) is 115 cm³/mol. The summed E-state index contributed by atoms with van der Waals surface area (Å²) in [6.07, 6.45) is 0. The van der Waals surface area contributed by atoms with Gasteiger partial charge in [-0.05, 0) is 48.9 Å². The third kappa shape index (κ3) is 4.46. The van der Waals surface area contributed by atoms with Crippen LogP contribution in [0.3, 0.4) is 0 Å². The number of rotatable bonds is 5. The van der Waals surface area contributed by atoms with Crippen LogP contribution < -0.4 is 10.2 Å². The molecule has 4 rings (SSSR count). The summed E-state index contributed by atoms with van der Waals surface area (Å²) < 4.78 is 5.39. The number of benzene rings is 2. The molecule has 1 aliphatic rings. The fourth-order valence-corrected chi connectivity index (χ4v) is 4.08. The van der Waals surface area contributed by atoms with E-state index in [2.05, 4.69) is 28.2 Å². The number of aryl methyl sites for hydroxylation is 1. The number of thioether (sulfide) groups is 1. The number of morpholine rings is 1. The minimum Gasteiger partial charge on any atom is -0.378 e. The maximum atomic E-state index is 12.3. The van der Waals surface area contributed by atoms with E-state index in [4.69, 9.17) is 4.74 Å². The number of aromatic nitrogens is 1. The van der Waals surface area contributed by atoms with E-state index in [1.54, 1.807) is 0 Å². The molecular formula is C22H23N3O2S. The highest BCUT2D eigenvalue weighted by molar-refractivity contribution is 7.99. The third-order valence-electron chi connectivity index (χ3n) is 4.78. The van der Waals surface area contributed by atoms with Crippen LogP contribution >= 0.6 is 11.8 Å². The Morgan fingerprint density at radius 2 is 1.89 bits per heavy atom. The van der Waals surface area contributed by atoms with Crippen LogP contribution in [-0.2, 0) is 9.53 Å². The first-order valence-electron chi connectivity index (χ1n) is 9.41. The Morgan fingerprint density at radius 3 is 2.68 bits per heavy atom. The summed E-state index contributed by atoms with van der Waals surface area (Å²) in [6, 6.07) is 18.1. The van der Waals surface area contributed by atoms with Gasteiger partial charge in [-0.2, -0.15) is 0 Å². The zero-order valence-electron chi connectivity index (χ0n) is 15.9. The summed E-state index contributed by atoms with van der Waals surface area (Å²) in [6.45, 7) is 5.40. The molecule has 2 aromatic carbocycles. The molecule has 3 aromatic rings. The molecule has 0 saturated carbocycles. The van der Waals surface area contributed by atoms with Gasteiger partial charge in [-0.1, -0.05) is 30.0 Å². The Morgan fingerprint density at radius 1 is 1.14 bits per heavy atom. The van der Waals surface area contributed by atoms with Crippen LogP contribution in [0.4, 0.5) is 11.4 Å². The SMILES string of the molecule is Cc1cc(SCC(=O)Nc2ccc(N3CCOCC3)cc2)nc2ccccc12. The van der Waals surface area contributed by atoms with E-state index in [0.717, 1.165) is 53.6 Å². The smallest absolute Gasteiger partial charge is 0.234 e. The summed E-state index contributed by atoms with van der Waals surface area (Å²) >= 11 is 1.46. The lowest BCUT2D eigenvalue weighted by molar-refractivity contribution is -0.113. The summed E-state index contributed by atoms with van der Waals surface area (Å²) in [7, 11) is 0. The quantitative estimate of drug-likeness (QED) is 0.661. The topological polar surface area (TPSA) is 54.5 Å². The van der Waals surface area contributed by atoms with E-state index >= 15 is 0 Å². The van der Waals surface area contributed by atoms with Gasteiger partial charge in [-0.15, -0.1) is 0 Å². The standard InChI is InChI=1S/C22H23N3O2S/c1-16-14-22(24-20-5-3-2-4-19(16)20)28-15-21(26)23-17-6-8-18(9-7-17)25-10-12-27-13-11-25/h2-9,14H,10-13,15H2,1H3,(H,23,26). The second-order valence-electron chi connectivity index (χ2n) is 6.78. The summed E-state index contributed by atoms with van der Waals surface area (Å²) in [5.74, 6) is 0.299. The molecule has 0 radical (unpaired) electrons. The number of nitrogens with zero attached hydrogens (tertiary/aromatic N) is 2. The first-order valence-corrected chi connectivity index (χ1v) is 10.4. The van der Waals surface area contributed by atoms with Crippen molar-refractivity contribution in [3.63, 3.8) is 0 Å². The van der Waals surface area contributed by atoms with Gasteiger partial charge in [0.2, 0.25) is 5.91 Å². The van der Waals surface area contributed by atoms with Gasteiger partial charge in [-0.25, -0.2) is 4.98 Å². The molecule has 144 valence electrons. The lowest BCUT2D eigenvalue weighted by atomic mass is 10.1. The van der Waals surface area contributed by atoms with Gasteiger partial charge in [0.25, 0.3) is 0 Å². The second-order valence-corrected chi connectivity index (χ2v) is 7.77. The maximum absolute atomic E-state index is 12.3. The highest BCUT2D eigenvalue weighted by atomic mass is 32.2. The highest BCUT2D eigenvalue weighted by Crippen LogP contribution is 2.24.